The zero-order valence-electron chi connectivity index (χ0n) is 8.34. The SMILES string of the molecule is CNCC1CCN(C(=N)CN)CC1. The summed E-state index contributed by atoms with van der Waals surface area (Å²) in [5.41, 5.74) is 5.42. The van der Waals surface area contributed by atoms with Crippen molar-refractivity contribution >= 4 is 5.84 Å². The van der Waals surface area contributed by atoms with Crippen LogP contribution in [-0.4, -0.2) is 44.0 Å². The molecule has 0 atom stereocenters. The molecule has 0 unspecified atom stereocenters. The first-order valence-corrected chi connectivity index (χ1v) is 4.95. The predicted octanol–water partition coefficient (Wildman–Crippen LogP) is -0.146. The topological polar surface area (TPSA) is 65.1 Å². The van der Waals surface area contributed by atoms with E-state index in [4.69, 9.17) is 11.1 Å². The van der Waals surface area contributed by atoms with Crippen LogP contribution in [0.2, 0.25) is 0 Å². The van der Waals surface area contributed by atoms with Gasteiger partial charge in [-0.05, 0) is 32.4 Å². The van der Waals surface area contributed by atoms with Crippen LogP contribution >= 0.6 is 0 Å². The van der Waals surface area contributed by atoms with Gasteiger partial charge in [0.05, 0.1) is 6.54 Å². The molecule has 0 bridgehead atoms. The number of nitrogens with zero attached hydrogens (tertiary/aromatic N) is 1. The average molecular weight is 184 g/mol. The van der Waals surface area contributed by atoms with Gasteiger partial charge in [-0.3, -0.25) is 5.41 Å². The van der Waals surface area contributed by atoms with Gasteiger partial charge in [-0.25, -0.2) is 0 Å². The third-order valence-electron chi connectivity index (χ3n) is 2.68. The molecule has 1 saturated heterocycles. The minimum Gasteiger partial charge on any atom is -0.359 e. The maximum absolute atomic E-state index is 7.58. The summed E-state index contributed by atoms with van der Waals surface area (Å²) in [5.74, 6) is 1.37. The van der Waals surface area contributed by atoms with E-state index >= 15 is 0 Å². The molecule has 1 aliphatic heterocycles. The van der Waals surface area contributed by atoms with Gasteiger partial charge in [-0.15, -0.1) is 0 Å². The second-order valence-corrected chi connectivity index (χ2v) is 3.64. The number of hydrogen-bond donors (Lipinski definition) is 3. The zero-order chi connectivity index (χ0) is 9.68. The number of nitrogens with two attached hydrogens (primary N) is 1. The van der Waals surface area contributed by atoms with Crippen LogP contribution in [0.25, 0.3) is 0 Å². The van der Waals surface area contributed by atoms with Gasteiger partial charge in [0.25, 0.3) is 0 Å². The van der Waals surface area contributed by atoms with Crippen molar-refractivity contribution in [3.8, 4) is 0 Å². The highest BCUT2D eigenvalue weighted by atomic mass is 15.2. The summed E-state index contributed by atoms with van der Waals surface area (Å²) in [4.78, 5) is 2.09. The molecule has 0 radical (unpaired) electrons. The Kier molecular flexibility index (Phi) is 4.18. The van der Waals surface area contributed by atoms with E-state index in [-0.39, 0.29) is 0 Å². The van der Waals surface area contributed by atoms with Crippen LogP contribution in [0.15, 0.2) is 0 Å². The fourth-order valence-electron chi connectivity index (χ4n) is 1.82. The van der Waals surface area contributed by atoms with Crippen LogP contribution in [0, 0.1) is 11.3 Å². The van der Waals surface area contributed by atoms with Crippen molar-refractivity contribution in [2.75, 3.05) is 33.2 Å². The molecule has 4 nitrogen and oxygen atoms in total. The molecule has 0 amide bonds. The van der Waals surface area contributed by atoms with Crippen LogP contribution in [0.3, 0.4) is 0 Å². The van der Waals surface area contributed by atoms with Crippen molar-refractivity contribution in [3.05, 3.63) is 0 Å². The molecule has 1 aliphatic rings. The van der Waals surface area contributed by atoms with Crippen LogP contribution < -0.4 is 11.1 Å². The molecule has 0 aromatic rings. The van der Waals surface area contributed by atoms with Crippen molar-refractivity contribution in [1.29, 1.82) is 5.41 Å². The first kappa shape index (κ1) is 10.5. The van der Waals surface area contributed by atoms with Crippen molar-refractivity contribution in [1.82, 2.24) is 10.2 Å². The van der Waals surface area contributed by atoms with E-state index in [2.05, 4.69) is 10.2 Å². The smallest absolute Gasteiger partial charge is 0.110 e. The van der Waals surface area contributed by atoms with Gasteiger partial charge >= 0.3 is 0 Å². The lowest BCUT2D eigenvalue weighted by Gasteiger charge is -2.33. The molecule has 1 fully saturated rings. The van der Waals surface area contributed by atoms with E-state index in [9.17, 15) is 0 Å². The predicted molar refractivity (Wildman–Crippen MR) is 55.0 cm³/mol. The molecule has 1 rings (SSSR count). The molecule has 0 aromatic carbocycles. The lowest BCUT2D eigenvalue weighted by molar-refractivity contribution is 0.260. The molecule has 13 heavy (non-hydrogen) atoms. The molecular formula is C9H20N4. The van der Waals surface area contributed by atoms with Gasteiger partial charge < -0.3 is 16.0 Å². The second-order valence-electron chi connectivity index (χ2n) is 3.64. The Morgan fingerprint density at radius 3 is 2.62 bits per heavy atom. The molecule has 0 saturated carbocycles. The Balaban J connectivity index is 2.26. The zero-order valence-corrected chi connectivity index (χ0v) is 8.34. The Morgan fingerprint density at radius 1 is 1.54 bits per heavy atom. The van der Waals surface area contributed by atoms with Crippen molar-refractivity contribution in [2.45, 2.75) is 12.8 Å². The first-order chi connectivity index (χ1) is 6.27. The van der Waals surface area contributed by atoms with Gasteiger partial charge in [0.2, 0.25) is 0 Å². The van der Waals surface area contributed by atoms with E-state index in [1.165, 1.54) is 12.8 Å². The summed E-state index contributed by atoms with van der Waals surface area (Å²) in [7, 11) is 1.99. The molecular weight excluding hydrogens is 164 g/mol. The van der Waals surface area contributed by atoms with Gasteiger partial charge in [-0.1, -0.05) is 0 Å². The Morgan fingerprint density at radius 2 is 2.15 bits per heavy atom. The standard InChI is InChI=1S/C9H20N4/c1-12-7-8-2-4-13(5-3-8)9(11)6-10/h8,11-12H,2-7,10H2,1H3. The summed E-state index contributed by atoms with van der Waals surface area (Å²) in [6.45, 7) is 3.48. The molecule has 0 aliphatic carbocycles. The fraction of sp³-hybridized carbons (Fsp3) is 0.889. The van der Waals surface area contributed by atoms with E-state index in [1.54, 1.807) is 0 Å². The van der Waals surface area contributed by atoms with Crippen molar-refractivity contribution in [3.63, 3.8) is 0 Å². The third-order valence-corrected chi connectivity index (χ3v) is 2.68. The minimum atomic E-state index is 0.372. The third kappa shape index (κ3) is 2.97. The van der Waals surface area contributed by atoms with Gasteiger partial charge in [-0.2, -0.15) is 0 Å². The van der Waals surface area contributed by atoms with Gasteiger partial charge in [0.1, 0.15) is 5.84 Å². The van der Waals surface area contributed by atoms with Crippen LogP contribution in [-0.2, 0) is 0 Å². The quantitative estimate of drug-likeness (QED) is 0.422. The van der Waals surface area contributed by atoms with E-state index in [0.29, 0.717) is 12.4 Å². The summed E-state index contributed by atoms with van der Waals surface area (Å²) in [6.07, 6.45) is 2.37. The Labute approximate surface area is 80.0 Å². The number of hydrogen-bond acceptors (Lipinski definition) is 3. The maximum Gasteiger partial charge on any atom is 0.110 e. The number of amidine groups is 1. The Bertz CT molecular complexity index is 161. The molecule has 4 N–H and O–H groups in total. The lowest BCUT2D eigenvalue weighted by Crippen LogP contribution is -2.42. The normalized spacial score (nSPS) is 19.1. The highest BCUT2D eigenvalue weighted by molar-refractivity contribution is 5.80. The average Bonchev–Trinajstić information content (AvgIpc) is 2.18. The van der Waals surface area contributed by atoms with E-state index < -0.39 is 0 Å². The van der Waals surface area contributed by atoms with Gasteiger partial charge in [0.15, 0.2) is 0 Å². The lowest BCUT2D eigenvalue weighted by atomic mass is 9.97. The van der Waals surface area contributed by atoms with Crippen molar-refractivity contribution < 1.29 is 0 Å². The minimum absolute atomic E-state index is 0.372. The number of rotatable bonds is 3. The molecule has 0 aromatic heterocycles. The molecule has 1 heterocycles. The number of nitrogens with one attached hydrogen (secondary N) is 2. The van der Waals surface area contributed by atoms with Crippen LogP contribution in [0.1, 0.15) is 12.8 Å². The Hall–Kier alpha value is -0.610. The summed E-state index contributed by atoms with van der Waals surface area (Å²) < 4.78 is 0. The monoisotopic (exact) mass is 184 g/mol. The van der Waals surface area contributed by atoms with Crippen LogP contribution in [0.4, 0.5) is 0 Å². The maximum atomic E-state index is 7.58. The van der Waals surface area contributed by atoms with Gasteiger partial charge in [0, 0.05) is 13.1 Å². The summed E-state index contributed by atoms with van der Waals surface area (Å²) in [6, 6.07) is 0. The van der Waals surface area contributed by atoms with E-state index in [1.807, 2.05) is 7.05 Å². The summed E-state index contributed by atoms with van der Waals surface area (Å²) in [5, 5.41) is 10.8. The largest absolute Gasteiger partial charge is 0.359 e. The number of likely N-dealkylation sites (tertiary alicyclic amines) is 1. The molecule has 0 spiro atoms. The second kappa shape index (κ2) is 5.19. The first-order valence-electron chi connectivity index (χ1n) is 4.95. The summed E-state index contributed by atoms with van der Waals surface area (Å²) >= 11 is 0. The number of piperidine rings is 1. The molecule has 76 valence electrons. The van der Waals surface area contributed by atoms with Crippen molar-refractivity contribution in [2.24, 2.45) is 11.7 Å². The molecule has 4 heteroatoms. The van der Waals surface area contributed by atoms with Crippen LogP contribution in [0.5, 0.6) is 0 Å². The highest BCUT2D eigenvalue weighted by Crippen LogP contribution is 2.15. The highest BCUT2D eigenvalue weighted by Gasteiger charge is 2.19. The van der Waals surface area contributed by atoms with E-state index in [0.717, 1.165) is 25.6 Å². The fourth-order valence-corrected chi connectivity index (χ4v) is 1.82.